The number of anilines is 4. The van der Waals surface area contributed by atoms with Gasteiger partial charge in [-0.2, -0.15) is 0 Å². The van der Waals surface area contributed by atoms with Crippen LogP contribution in [0.5, 0.6) is 0 Å². The van der Waals surface area contributed by atoms with Crippen LogP contribution in [0.25, 0.3) is 11.0 Å². The summed E-state index contributed by atoms with van der Waals surface area (Å²) in [6.07, 6.45) is 0. The molecule has 0 aliphatic carbocycles. The molecule has 0 unspecified atom stereocenters. The Bertz CT molecular complexity index is 1130. The monoisotopic (exact) mass is 387 g/mol. The molecule has 4 rings (SSSR count). The van der Waals surface area contributed by atoms with Crippen LogP contribution >= 0.6 is 0 Å². The van der Waals surface area contributed by atoms with Crippen molar-refractivity contribution in [2.24, 2.45) is 0 Å². The Balaban J connectivity index is 1.46. The van der Waals surface area contributed by atoms with E-state index in [0.717, 1.165) is 16.9 Å². The predicted octanol–water partition coefficient (Wildman–Crippen LogP) is 4.59. The number of nitrogens with one attached hydrogen (secondary N) is 2. The van der Waals surface area contributed by atoms with Crippen molar-refractivity contribution in [1.29, 1.82) is 0 Å². The molecule has 146 valence electrons. The van der Waals surface area contributed by atoms with Crippen LogP contribution in [0.4, 0.5) is 23.0 Å². The van der Waals surface area contributed by atoms with Crippen molar-refractivity contribution < 1.29 is 9.21 Å². The molecule has 0 spiro atoms. The molecule has 0 radical (unpaired) electrons. The highest BCUT2D eigenvalue weighted by Gasteiger charge is 2.12. The minimum atomic E-state index is -0.288. The lowest BCUT2D eigenvalue weighted by Crippen LogP contribution is -2.12. The maximum Gasteiger partial charge on any atom is 0.291 e. The number of hydrogen-bond donors (Lipinski definition) is 2. The van der Waals surface area contributed by atoms with Gasteiger partial charge in [0.05, 0.1) is 0 Å². The van der Waals surface area contributed by atoms with Gasteiger partial charge in [0, 0.05) is 36.9 Å². The second-order valence-corrected chi connectivity index (χ2v) is 6.86. The fraction of sp³-hybridized carbons (Fsp3) is 0.136. The summed E-state index contributed by atoms with van der Waals surface area (Å²) in [5.41, 5.74) is 2.22. The van der Waals surface area contributed by atoms with Crippen LogP contribution in [0.3, 0.4) is 0 Å². The van der Waals surface area contributed by atoms with Crippen LogP contribution in [-0.2, 0) is 0 Å². The first kappa shape index (κ1) is 18.5. The van der Waals surface area contributed by atoms with E-state index >= 15 is 0 Å². The Morgan fingerprint density at radius 3 is 2.41 bits per heavy atom. The van der Waals surface area contributed by atoms with Gasteiger partial charge in [0.2, 0.25) is 0 Å². The number of amides is 1. The SMILES string of the molecule is Cc1nc(Nc2ccc(NC(=O)c3cc4ccccc4o3)cc2)cc(N(C)C)n1. The number of nitrogens with zero attached hydrogens (tertiary/aromatic N) is 3. The highest BCUT2D eigenvalue weighted by Crippen LogP contribution is 2.22. The van der Waals surface area contributed by atoms with Gasteiger partial charge in [0.25, 0.3) is 5.91 Å². The van der Waals surface area contributed by atoms with Crippen molar-refractivity contribution in [3.05, 3.63) is 72.2 Å². The van der Waals surface area contributed by atoms with E-state index in [9.17, 15) is 4.79 Å². The van der Waals surface area contributed by atoms with Crippen molar-refractivity contribution in [3.8, 4) is 0 Å². The molecule has 4 aromatic rings. The van der Waals surface area contributed by atoms with E-state index in [1.165, 1.54) is 0 Å². The smallest absolute Gasteiger partial charge is 0.291 e. The fourth-order valence-electron chi connectivity index (χ4n) is 2.92. The van der Waals surface area contributed by atoms with Gasteiger partial charge < -0.3 is 20.0 Å². The lowest BCUT2D eigenvalue weighted by atomic mass is 10.2. The van der Waals surface area contributed by atoms with Crippen molar-refractivity contribution >= 4 is 39.9 Å². The number of rotatable bonds is 5. The number of para-hydroxylation sites is 1. The first-order chi connectivity index (χ1) is 14.0. The van der Waals surface area contributed by atoms with E-state index in [2.05, 4.69) is 20.6 Å². The third-order valence-corrected chi connectivity index (χ3v) is 4.35. The van der Waals surface area contributed by atoms with Gasteiger partial charge >= 0.3 is 0 Å². The van der Waals surface area contributed by atoms with Gasteiger partial charge in [0.1, 0.15) is 23.0 Å². The molecule has 0 bridgehead atoms. The molecule has 2 N–H and O–H groups in total. The fourth-order valence-corrected chi connectivity index (χ4v) is 2.92. The normalized spacial score (nSPS) is 10.7. The molecule has 2 aromatic carbocycles. The quantitative estimate of drug-likeness (QED) is 0.521. The average Bonchev–Trinajstić information content (AvgIpc) is 3.13. The molecular formula is C22H21N5O2. The van der Waals surface area contributed by atoms with Crippen molar-refractivity contribution in [2.75, 3.05) is 29.6 Å². The lowest BCUT2D eigenvalue weighted by Gasteiger charge is -2.14. The summed E-state index contributed by atoms with van der Waals surface area (Å²) in [5, 5.41) is 7.01. The molecule has 2 heterocycles. The number of hydrogen-bond acceptors (Lipinski definition) is 6. The predicted molar refractivity (Wildman–Crippen MR) is 115 cm³/mol. The molecule has 7 heteroatoms. The van der Waals surface area contributed by atoms with Gasteiger partial charge in [0.15, 0.2) is 5.76 Å². The molecular weight excluding hydrogens is 366 g/mol. The summed E-state index contributed by atoms with van der Waals surface area (Å²) in [6, 6.07) is 18.5. The van der Waals surface area contributed by atoms with Gasteiger partial charge in [-0.3, -0.25) is 4.79 Å². The molecule has 29 heavy (non-hydrogen) atoms. The number of carbonyl (C=O) groups is 1. The molecule has 7 nitrogen and oxygen atoms in total. The summed E-state index contributed by atoms with van der Waals surface area (Å²) in [6.45, 7) is 1.86. The van der Waals surface area contributed by atoms with Gasteiger partial charge in [-0.25, -0.2) is 9.97 Å². The molecule has 0 aliphatic rings. The van der Waals surface area contributed by atoms with Crippen molar-refractivity contribution in [1.82, 2.24) is 9.97 Å². The number of aromatic nitrogens is 2. The van der Waals surface area contributed by atoms with E-state index in [0.29, 0.717) is 22.9 Å². The van der Waals surface area contributed by atoms with E-state index in [1.54, 1.807) is 6.07 Å². The number of carbonyl (C=O) groups excluding carboxylic acids is 1. The summed E-state index contributed by atoms with van der Waals surface area (Å²) in [7, 11) is 3.87. The number of benzene rings is 2. The van der Waals surface area contributed by atoms with Gasteiger partial charge in [-0.1, -0.05) is 18.2 Å². The van der Waals surface area contributed by atoms with E-state index in [-0.39, 0.29) is 11.7 Å². The van der Waals surface area contributed by atoms with Crippen LogP contribution in [0.1, 0.15) is 16.4 Å². The summed E-state index contributed by atoms with van der Waals surface area (Å²) in [5.74, 6) is 2.22. The summed E-state index contributed by atoms with van der Waals surface area (Å²) >= 11 is 0. The van der Waals surface area contributed by atoms with Crippen LogP contribution in [-0.4, -0.2) is 30.0 Å². The standard InChI is InChI=1S/C22H21N5O2/c1-14-23-20(13-21(24-14)27(2)3)25-16-8-10-17(11-9-16)26-22(28)19-12-15-6-4-5-7-18(15)29-19/h4-13H,1-3H3,(H,26,28)(H,23,24,25). The second kappa shape index (κ2) is 7.63. The molecule has 0 saturated heterocycles. The minimum Gasteiger partial charge on any atom is -0.451 e. The zero-order valence-electron chi connectivity index (χ0n) is 16.4. The van der Waals surface area contributed by atoms with Crippen LogP contribution < -0.4 is 15.5 Å². The second-order valence-electron chi connectivity index (χ2n) is 6.86. The third-order valence-electron chi connectivity index (χ3n) is 4.35. The van der Waals surface area contributed by atoms with Gasteiger partial charge in [-0.05, 0) is 43.3 Å². The molecule has 0 saturated carbocycles. The zero-order valence-corrected chi connectivity index (χ0v) is 16.4. The van der Waals surface area contributed by atoms with Gasteiger partial charge in [-0.15, -0.1) is 0 Å². The maximum atomic E-state index is 12.5. The number of fused-ring (bicyclic) bond motifs is 1. The van der Waals surface area contributed by atoms with Crippen LogP contribution in [0.15, 0.2) is 65.1 Å². The molecule has 0 fully saturated rings. The first-order valence-corrected chi connectivity index (χ1v) is 9.18. The highest BCUT2D eigenvalue weighted by molar-refractivity contribution is 6.04. The zero-order chi connectivity index (χ0) is 20.4. The Labute approximate surface area is 168 Å². The van der Waals surface area contributed by atoms with Crippen LogP contribution in [0.2, 0.25) is 0 Å². The Hall–Kier alpha value is -3.87. The third kappa shape index (κ3) is 4.19. The Morgan fingerprint density at radius 2 is 1.69 bits per heavy atom. The van der Waals surface area contributed by atoms with E-state index in [4.69, 9.17) is 4.42 Å². The first-order valence-electron chi connectivity index (χ1n) is 9.18. The van der Waals surface area contributed by atoms with E-state index < -0.39 is 0 Å². The molecule has 0 aliphatic heterocycles. The largest absolute Gasteiger partial charge is 0.451 e. The summed E-state index contributed by atoms with van der Waals surface area (Å²) in [4.78, 5) is 23.2. The summed E-state index contributed by atoms with van der Waals surface area (Å²) < 4.78 is 5.60. The Morgan fingerprint density at radius 1 is 0.966 bits per heavy atom. The minimum absolute atomic E-state index is 0.279. The van der Waals surface area contributed by atoms with E-state index in [1.807, 2.05) is 80.5 Å². The molecule has 1 amide bonds. The maximum absolute atomic E-state index is 12.5. The number of furan rings is 1. The molecule has 0 atom stereocenters. The molecule has 2 aromatic heterocycles. The topological polar surface area (TPSA) is 83.3 Å². The number of aryl methyl sites for hydroxylation is 1. The van der Waals surface area contributed by atoms with Crippen molar-refractivity contribution in [3.63, 3.8) is 0 Å². The average molecular weight is 387 g/mol. The highest BCUT2D eigenvalue weighted by atomic mass is 16.3. The van der Waals surface area contributed by atoms with Crippen molar-refractivity contribution in [2.45, 2.75) is 6.92 Å². The Kier molecular flexibility index (Phi) is 4.87. The van der Waals surface area contributed by atoms with Crippen LogP contribution in [0, 0.1) is 6.92 Å². The lowest BCUT2D eigenvalue weighted by molar-refractivity contribution is 0.0998.